The van der Waals surface area contributed by atoms with Crippen LogP contribution in [-0.2, 0) is 18.0 Å². The van der Waals surface area contributed by atoms with Crippen molar-refractivity contribution in [3.05, 3.63) is 48.3 Å². The third-order valence-electron chi connectivity index (χ3n) is 2.49. The van der Waals surface area contributed by atoms with Crippen molar-refractivity contribution in [2.24, 2.45) is 7.05 Å². The van der Waals surface area contributed by atoms with Crippen molar-refractivity contribution in [2.75, 3.05) is 5.32 Å². The molecule has 2 aromatic rings. The number of nitrogens with zero attached hydrogens (tertiary/aromatic N) is 2. The number of alkyl halides is 3. The van der Waals surface area contributed by atoms with Crippen LogP contribution in [0.3, 0.4) is 0 Å². The molecule has 1 amide bonds. The Hall–Kier alpha value is -2.31. The molecule has 0 aliphatic heterocycles. The van der Waals surface area contributed by atoms with Crippen LogP contribution >= 0.6 is 0 Å². The zero-order valence-corrected chi connectivity index (χ0v) is 11.7. The Morgan fingerprint density at radius 1 is 1.29 bits per heavy atom. The van der Waals surface area contributed by atoms with E-state index in [2.05, 4.69) is 10.3 Å². The zero-order valence-electron chi connectivity index (χ0n) is 11.7. The Bertz CT molecular complexity index is 564. The molecule has 1 aromatic heterocycles. The fourth-order valence-corrected chi connectivity index (χ4v) is 1.33. The number of nitrogens with one attached hydrogen (secondary N) is 1. The lowest BCUT2D eigenvalue weighted by Crippen LogP contribution is -2.12. The molecule has 1 aromatic carbocycles. The lowest BCUT2D eigenvalue weighted by Gasteiger charge is -2.03. The maximum Gasteiger partial charge on any atom is 0.416 e. The first kappa shape index (κ1) is 16.7. The number of hydrogen-bond acceptors (Lipinski definition) is 2. The molecule has 114 valence electrons. The van der Waals surface area contributed by atoms with Crippen LogP contribution in [-0.4, -0.2) is 15.5 Å². The topological polar surface area (TPSA) is 46.9 Å². The zero-order chi connectivity index (χ0) is 15.9. The van der Waals surface area contributed by atoms with E-state index in [0.717, 1.165) is 12.1 Å². The van der Waals surface area contributed by atoms with Crippen LogP contribution in [0.25, 0.3) is 0 Å². The van der Waals surface area contributed by atoms with Crippen LogP contribution in [0.4, 0.5) is 19.1 Å². The Morgan fingerprint density at radius 3 is 2.29 bits per heavy atom. The molecule has 4 nitrogen and oxygen atoms in total. The fourth-order valence-electron chi connectivity index (χ4n) is 1.33. The van der Waals surface area contributed by atoms with Crippen LogP contribution in [0.15, 0.2) is 42.7 Å². The van der Waals surface area contributed by atoms with E-state index < -0.39 is 11.7 Å². The molecule has 1 N–H and O–H groups in total. The summed E-state index contributed by atoms with van der Waals surface area (Å²) in [7, 11) is 1.83. The van der Waals surface area contributed by atoms with Crippen LogP contribution in [0.5, 0.6) is 0 Å². The summed E-state index contributed by atoms with van der Waals surface area (Å²) in [5.74, 6) is 0.580. The quantitative estimate of drug-likeness (QED) is 0.923. The second kappa shape index (κ2) is 7.47. The van der Waals surface area contributed by atoms with E-state index in [1.165, 1.54) is 12.1 Å². The SMILES string of the molecule is CCC(=O)Nc1nccn1C.FC(F)(F)c1ccccc1. The van der Waals surface area contributed by atoms with Crippen LogP contribution in [0.2, 0.25) is 0 Å². The second-order valence-electron chi connectivity index (χ2n) is 4.13. The first-order valence-electron chi connectivity index (χ1n) is 6.24. The summed E-state index contributed by atoms with van der Waals surface area (Å²) in [6, 6.07) is 6.36. The second-order valence-corrected chi connectivity index (χ2v) is 4.13. The van der Waals surface area contributed by atoms with Gasteiger partial charge in [0.2, 0.25) is 11.9 Å². The lowest BCUT2D eigenvalue weighted by molar-refractivity contribution is -0.137. The van der Waals surface area contributed by atoms with Crippen molar-refractivity contribution in [2.45, 2.75) is 19.5 Å². The van der Waals surface area contributed by atoms with Gasteiger partial charge in [-0.05, 0) is 0 Å². The number of hydrogen-bond donors (Lipinski definition) is 1. The molecule has 0 saturated carbocycles. The van der Waals surface area contributed by atoms with Crippen LogP contribution in [0, 0.1) is 0 Å². The maximum absolute atomic E-state index is 11.8. The number of benzene rings is 1. The van der Waals surface area contributed by atoms with Crippen molar-refractivity contribution in [1.29, 1.82) is 0 Å². The molecule has 0 radical (unpaired) electrons. The summed E-state index contributed by atoms with van der Waals surface area (Å²) in [4.78, 5) is 14.8. The normalized spacial score (nSPS) is 10.5. The summed E-state index contributed by atoms with van der Waals surface area (Å²) in [6.45, 7) is 1.80. The molecule has 0 bridgehead atoms. The number of carbonyl (C=O) groups excluding carboxylic acids is 1. The molecule has 0 aliphatic carbocycles. The number of imidazole rings is 1. The first-order valence-corrected chi connectivity index (χ1v) is 6.24. The predicted octanol–water partition coefficient (Wildman–Crippen LogP) is 3.47. The van der Waals surface area contributed by atoms with E-state index in [4.69, 9.17) is 0 Å². The van der Waals surface area contributed by atoms with Gasteiger partial charge in [-0.2, -0.15) is 13.2 Å². The largest absolute Gasteiger partial charge is 0.416 e. The average molecular weight is 299 g/mol. The van der Waals surface area contributed by atoms with Gasteiger partial charge in [-0.25, -0.2) is 4.98 Å². The number of aromatic nitrogens is 2. The van der Waals surface area contributed by atoms with Crippen molar-refractivity contribution in [3.63, 3.8) is 0 Å². The molecule has 0 spiro atoms. The maximum atomic E-state index is 11.8. The van der Waals surface area contributed by atoms with Crippen molar-refractivity contribution < 1.29 is 18.0 Å². The van der Waals surface area contributed by atoms with Gasteiger partial charge in [0, 0.05) is 25.9 Å². The van der Waals surface area contributed by atoms with Crippen molar-refractivity contribution in [1.82, 2.24) is 9.55 Å². The van der Waals surface area contributed by atoms with E-state index in [0.29, 0.717) is 12.4 Å². The monoisotopic (exact) mass is 299 g/mol. The van der Waals surface area contributed by atoms with Gasteiger partial charge in [0.1, 0.15) is 0 Å². The summed E-state index contributed by atoms with van der Waals surface area (Å²) >= 11 is 0. The molecule has 7 heteroatoms. The van der Waals surface area contributed by atoms with Gasteiger partial charge in [0.25, 0.3) is 0 Å². The number of anilines is 1. The highest BCUT2D eigenvalue weighted by atomic mass is 19.4. The third-order valence-corrected chi connectivity index (χ3v) is 2.49. The molecule has 1 heterocycles. The van der Waals surface area contributed by atoms with E-state index in [1.54, 1.807) is 30.0 Å². The average Bonchev–Trinajstić information content (AvgIpc) is 2.85. The number of halogens is 3. The van der Waals surface area contributed by atoms with Gasteiger partial charge in [0.05, 0.1) is 5.56 Å². The van der Waals surface area contributed by atoms with E-state index in [9.17, 15) is 18.0 Å². The van der Waals surface area contributed by atoms with Gasteiger partial charge in [-0.1, -0.05) is 37.3 Å². The van der Waals surface area contributed by atoms with Gasteiger partial charge in [-0.3, -0.25) is 10.1 Å². The Balaban J connectivity index is 0.000000211. The van der Waals surface area contributed by atoms with E-state index >= 15 is 0 Å². The molecule has 0 aliphatic rings. The molecule has 0 unspecified atom stereocenters. The molecular weight excluding hydrogens is 283 g/mol. The standard InChI is InChI=1S/C7H5F3.C7H11N3O/c8-7(9,10)6-4-2-1-3-5-6;1-3-6(11)9-7-8-4-5-10(7)2/h1-5H;4-5H,3H2,1-2H3,(H,8,9,11). The fraction of sp³-hybridized carbons (Fsp3) is 0.286. The highest BCUT2D eigenvalue weighted by Gasteiger charge is 2.29. The van der Waals surface area contributed by atoms with Gasteiger partial charge in [-0.15, -0.1) is 0 Å². The minimum atomic E-state index is -4.21. The van der Waals surface area contributed by atoms with Crippen molar-refractivity contribution in [3.8, 4) is 0 Å². The highest BCUT2D eigenvalue weighted by Crippen LogP contribution is 2.28. The number of aryl methyl sites for hydroxylation is 1. The molecule has 2 rings (SSSR count). The Labute approximate surface area is 120 Å². The smallest absolute Gasteiger partial charge is 0.320 e. The third kappa shape index (κ3) is 5.68. The summed E-state index contributed by atoms with van der Waals surface area (Å²) in [6.07, 6.45) is -0.301. The summed E-state index contributed by atoms with van der Waals surface area (Å²) < 4.78 is 37.1. The molecule has 0 fully saturated rings. The number of amides is 1. The van der Waals surface area contributed by atoms with E-state index in [-0.39, 0.29) is 5.91 Å². The minimum Gasteiger partial charge on any atom is -0.320 e. The van der Waals surface area contributed by atoms with E-state index in [1.807, 2.05) is 7.05 Å². The lowest BCUT2D eigenvalue weighted by atomic mass is 10.2. The first-order chi connectivity index (χ1) is 9.84. The van der Waals surface area contributed by atoms with Gasteiger partial charge >= 0.3 is 6.18 Å². The minimum absolute atomic E-state index is 0.0145. The van der Waals surface area contributed by atoms with Gasteiger partial charge < -0.3 is 4.57 Å². The summed E-state index contributed by atoms with van der Waals surface area (Å²) in [5, 5.41) is 2.65. The van der Waals surface area contributed by atoms with Crippen LogP contribution < -0.4 is 5.32 Å². The molecule has 21 heavy (non-hydrogen) atoms. The number of carbonyl (C=O) groups is 1. The Morgan fingerprint density at radius 2 is 1.90 bits per heavy atom. The molecule has 0 atom stereocenters. The number of rotatable bonds is 2. The molecular formula is C14H16F3N3O. The van der Waals surface area contributed by atoms with Gasteiger partial charge in [0.15, 0.2) is 0 Å². The Kier molecular flexibility index (Phi) is 5.95. The summed E-state index contributed by atoms with van der Waals surface area (Å²) in [5.41, 5.74) is -0.602. The van der Waals surface area contributed by atoms with Crippen molar-refractivity contribution >= 4 is 11.9 Å². The highest BCUT2D eigenvalue weighted by molar-refractivity contribution is 5.88. The van der Waals surface area contributed by atoms with Crippen LogP contribution in [0.1, 0.15) is 18.9 Å². The predicted molar refractivity (Wildman–Crippen MR) is 73.6 cm³/mol. The molecule has 0 saturated heterocycles.